The van der Waals surface area contributed by atoms with E-state index in [1.165, 1.54) is 17.0 Å². The Morgan fingerprint density at radius 3 is 2.56 bits per heavy atom. The molecule has 2 aromatic carbocycles. The first kappa shape index (κ1) is 18.6. The van der Waals surface area contributed by atoms with Crippen LogP contribution in [-0.2, 0) is 9.53 Å². The van der Waals surface area contributed by atoms with Crippen molar-refractivity contribution in [2.75, 3.05) is 18.1 Å². The fourth-order valence-corrected chi connectivity index (χ4v) is 2.44. The maximum Gasteiger partial charge on any atom is 0.341 e. The molecule has 5 nitrogen and oxygen atoms in total. The van der Waals surface area contributed by atoms with Gasteiger partial charge in [0.05, 0.1) is 18.1 Å². The number of ether oxygens (including phenoxy) is 1. The van der Waals surface area contributed by atoms with Crippen molar-refractivity contribution >= 4 is 33.5 Å². The summed E-state index contributed by atoms with van der Waals surface area (Å²) in [5.74, 6) is -2.16. The molecule has 0 aliphatic carbocycles. The summed E-state index contributed by atoms with van der Waals surface area (Å²) < 4.78 is 19.2. The lowest BCUT2D eigenvalue weighted by atomic mass is 10.2. The van der Waals surface area contributed by atoms with Crippen LogP contribution in [0.3, 0.4) is 0 Å². The number of nitrogens with zero attached hydrogens (tertiary/aromatic N) is 2. The highest BCUT2D eigenvalue weighted by Crippen LogP contribution is 2.17. The van der Waals surface area contributed by atoms with Gasteiger partial charge in [0, 0.05) is 16.7 Å². The second-order valence-corrected chi connectivity index (χ2v) is 5.91. The molecule has 7 heteroatoms. The van der Waals surface area contributed by atoms with E-state index in [2.05, 4.69) is 15.9 Å². The van der Waals surface area contributed by atoms with Gasteiger partial charge < -0.3 is 9.64 Å². The molecule has 0 aliphatic rings. The summed E-state index contributed by atoms with van der Waals surface area (Å²) >= 11 is 3.10. The minimum atomic E-state index is -0.924. The van der Waals surface area contributed by atoms with Crippen LogP contribution in [0.25, 0.3) is 0 Å². The Hall–Kier alpha value is -2.72. The van der Waals surface area contributed by atoms with Crippen molar-refractivity contribution in [3.63, 3.8) is 0 Å². The highest BCUT2D eigenvalue weighted by molar-refractivity contribution is 9.10. The highest BCUT2D eigenvalue weighted by Gasteiger charge is 2.19. The quantitative estimate of drug-likeness (QED) is 0.688. The van der Waals surface area contributed by atoms with Gasteiger partial charge in [-0.25, -0.2) is 9.18 Å². The third-order valence-electron chi connectivity index (χ3n) is 3.29. The number of rotatable bonds is 6. The van der Waals surface area contributed by atoms with E-state index >= 15 is 0 Å². The maximum absolute atomic E-state index is 13.8. The maximum atomic E-state index is 13.8. The van der Waals surface area contributed by atoms with Crippen molar-refractivity contribution in [3.8, 4) is 6.07 Å². The van der Waals surface area contributed by atoms with Crippen molar-refractivity contribution in [1.29, 1.82) is 5.26 Å². The Labute approximate surface area is 152 Å². The summed E-state index contributed by atoms with van der Waals surface area (Å²) in [4.78, 5) is 25.7. The number of hydrogen-bond acceptors (Lipinski definition) is 4. The number of carbonyl (C=O) groups excluding carboxylic acids is 2. The second-order valence-electron chi connectivity index (χ2n) is 4.99. The van der Waals surface area contributed by atoms with Crippen LogP contribution in [0.1, 0.15) is 16.8 Å². The average molecular weight is 405 g/mol. The molecule has 0 bridgehead atoms. The van der Waals surface area contributed by atoms with Gasteiger partial charge in [-0.3, -0.25) is 4.79 Å². The molecule has 128 valence electrons. The van der Waals surface area contributed by atoms with Crippen LogP contribution in [0.5, 0.6) is 0 Å². The van der Waals surface area contributed by atoms with E-state index in [1.807, 2.05) is 6.07 Å². The van der Waals surface area contributed by atoms with E-state index in [-0.39, 0.29) is 18.5 Å². The molecule has 0 heterocycles. The van der Waals surface area contributed by atoms with Crippen LogP contribution in [0.15, 0.2) is 53.0 Å². The minimum Gasteiger partial charge on any atom is -0.452 e. The number of hydrogen-bond donors (Lipinski definition) is 0. The van der Waals surface area contributed by atoms with Crippen molar-refractivity contribution < 1.29 is 18.7 Å². The van der Waals surface area contributed by atoms with Crippen LogP contribution in [-0.4, -0.2) is 25.0 Å². The van der Waals surface area contributed by atoms with Gasteiger partial charge in [-0.05, 0) is 30.3 Å². The largest absolute Gasteiger partial charge is 0.452 e. The standard InChI is InChI=1S/C18H14BrFN2O3/c19-13-7-8-15(16(20)11-13)18(24)25-12-17(23)22(10-4-9-21)14-5-2-1-3-6-14/h1-3,5-8,11H,4,10,12H2. The lowest BCUT2D eigenvalue weighted by molar-refractivity contribution is -0.121. The van der Waals surface area contributed by atoms with E-state index in [4.69, 9.17) is 10.00 Å². The van der Waals surface area contributed by atoms with Crippen molar-refractivity contribution in [2.45, 2.75) is 6.42 Å². The molecule has 0 atom stereocenters. The fraction of sp³-hybridized carbons (Fsp3) is 0.167. The number of amides is 1. The number of halogens is 2. The zero-order chi connectivity index (χ0) is 18.2. The first-order chi connectivity index (χ1) is 12.0. The zero-order valence-electron chi connectivity index (χ0n) is 13.1. The number of anilines is 1. The van der Waals surface area contributed by atoms with Gasteiger partial charge >= 0.3 is 5.97 Å². The molecule has 0 unspecified atom stereocenters. The third kappa shape index (κ3) is 5.13. The normalized spacial score (nSPS) is 9.96. The molecule has 0 saturated heterocycles. The second kappa shape index (κ2) is 8.94. The molecule has 0 spiro atoms. The molecule has 0 saturated carbocycles. The predicted molar refractivity (Wildman–Crippen MR) is 93.4 cm³/mol. The topological polar surface area (TPSA) is 70.4 Å². The molecular formula is C18H14BrFN2O3. The van der Waals surface area contributed by atoms with Gasteiger partial charge in [0.15, 0.2) is 6.61 Å². The van der Waals surface area contributed by atoms with E-state index < -0.39 is 24.3 Å². The van der Waals surface area contributed by atoms with Crippen LogP contribution < -0.4 is 4.90 Å². The fourth-order valence-electron chi connectivity index (χ4n) is 2.11. The summed E-state index contributed by atoms with van der Waals surface area (Å²) in [6, 6.07) is 14.6. The Kier molecular flexibility index (Phi) is 6.66. The Morgan fingerprint density at radius 1 is 1.20 bits per heavy atom. The molecule has 2 rings (SSSR count). The molecule has 2 aromatic rings. The Bertz CT molecular complexity index is 806. The smallest absolute Gasteiger partial charge is 0.341 e. The summed E-state index contributed by atoms with van der Waals surface area (Å²) in [6.45, 7) is -0.377. The van der Waals surface area contributed by atoms with E-state index in [0.717, 1.165) is 6.07 Å². The molecule has 0 radical (unpaired) electrons. The van der Waals surface area contributed by atoms with Crippen LogP contribution in [0.2, 0.25) is 0 Å². The zero-order valence-corrected chi connectivity index (χ0v) is 14.7. The van der Waals surface area contributed by atoms with E-state index in [1.54, 1.807) is 30.3 Å². The van der Waals surface area contributed by atoms with Crippen molar-refractivity contribution in [1.82, 2.24) is 0 Å². The summed E-state index contributed by atoms with van der Waals surface area (Å²) in [6.07, 6.45) is 0.135. The van der Waals surface area contributed by atoms with Crippen molar-refractivity contribution in [3.05, 3.63) is 64.4 Å². The van der Waals surface area contributed by atoms with Gasteiger partial charge in [-0.1, -0.05) is 34.1 Å². The number of benzene rings is 2. The average Bonchev–Trinajstić information content (AvgIpc) is 2.61. The van der Waals surface area contributed by atoms with Crippen LogP contribution >= 0.6 is 15.9 Å². The van der Waals surface area contributed by atoms with Gasteiger partial charge in [0.2, 0.25) is 0 Å². The van der Waals surface area contributed by atoms with Gasteiger partial charge in [-0.2, -0.15) is 5.26 Å². The lowest BCUT2D eigenvalue weighted by Crippen LogP contribution is -2.35. The van der Waals surface area contributed by atoms with Gasteiger partial charge in [0.25, 0.3) is 5.91 Å². The van der Waals surface area contributed by atoms with Crippen LogP contribution in [0.4, 0.5) is 10.1 Å². The number of esters is 1. The SMILES string of the molecule is N#CCCN(C(=O)COC(=O)c1ccc(Br)cc1F)c1ccccc1. The van der Waals surface area contributed by atoms with Gasteiger partial charge in [0.1, 0.15) is 5.82 Å². The molecule has 0 fully saturated rings. The third-order valence-corrected chi connectivity index (χ3v) is 3.79. The molecule has 0 aromatic heterocycles. The van der Waals surface area contributed by atoms with E-state index in [9.17, 15) is 14.0 Å². The van der Waals surface area contributed by atoms with Gasteiger partial charge in [-0.15, -0.1) is 0 Å². The molecule has 0 aliphatic heterocycles. The van der Waals surface area contributed by atoms with Crippen LogP contribution in [0, 0.1) is 17.1 Å². The minimum absolute atomic E-state index is 0.135. The monoisotopic (exact) mass is 404 g/mol. The summed E-state index contributed by atoms with van der Waals surface area (Å²) in [5, 5.41) is 8.74. The summed E-state index contributed by atoms with van der Waals surface area (Å²) in [5.41, 5.74) is 0.341. The highest BCUT2D eigenvalue weighted by atomic mass is 79.9. The number of para-hydroxylation sites is 1. The molecule has 0 N–H and O–H groups in total. The summed E-state index contributed by atoms with van der Waals surface area (Å²) in [7, 11) is 0. The Morgan fingerprint density at radius 2 is 1.92 bits per heavy atom. The lowest BCUT2D eigenvalue weighted by Gasteiger charge is -2.21. The molecular weight excluding hydrogens is 391 g/mol. The number of carbonyl (C=O) groups is 2. The Balaban J connectivity index is 2.05. The van der Waals surface area contributed by atoms with E-state index in [0.29, 0.717) is 10.2 Å². The molecule has 1 amide bonds. The first-order valence-electron chi connectivity index (χ1n) is 7.37. The number of nitriles is 1. The van der Waals surface area contributed by atoms with Crippen molar-refractivity contribution in [2.24, 2.45) is 0 Å². The first-order valence-corrected chi connectivity index (χ1v) is 8.16. The predicted octanol–water partition coefficient (Wildman–Crippen LogP) is 3.69. The molecule has 25 heavy (non-hydrogen) atoms.